The van der Waals surface area contributed by atoms with E-state index in [1.165, 1.54) is 12.8 Å². The van der Waals surface area contributed by atoms with Gasteiger partial charge in [-0.15, -0.1) is 0 Å². The fourth-order valence-electron chi connectivity index (χ4n) is 3.23. The third kappa shape index (κ3) is 3.91. The van der Waals surface area contributed by atoms with Crippen molar-refractivity contribution in [3.05, 3.63) is 35.4 Å². The zero-order chi connectivity index (χ0) is 17.1. The minimum Gasteiger partial charge on any atom is -0.455 e. The highest BCUT2D eigenvalue weighted by atomic mass is 16.5. The first-order valence-corrected chi connectivity index (χ1v) is 8.81. The van der Waals surface area contributed by atoms with Crippen molar-refractivity contribution in [3.63, 3.8) is 0 Å². The molecule has 1 atom stereocenters. The Morgan fingerprint density at radius 3 is 2.96 bits per heavy atom. The summed E-state index contributed by atoms with van der Waals surface area (Å²) < 4.78 is 16.3. The van der Waals surface area contributed by atoms with E-state index in [1.807, 2.05) is 6.07 Å². The zero-order valence-electron chi connectivity index (χ0n) is 14.1. The molecule has 0 bridgehead atoms. The summed E-state index contributed by atoms with van der Waals surface area (Å²) >= 11 is 0. The minimum atomic E-state index is -0.281. The van der Waals surface area contributed by atoms with Crippen molar-refractivity contribution in [2.45, 2.75) is 44.9 Å². The number of amides is 1. The van der Waals surface area contributed by atoms with Gasteiger partial charge < -0.3 is 19.0 Å². The molecule has 4 rings (SSSR count). The molecule has 2 aromatic heterocycles. The van der Waals surface area contributed by atoms with E-state index in [9.17, 15) is 4.79 Å². The van der Waals surface area contributed by atoms with Gasteiger partial charge in [0.15, 0.2) is 11.6 Å². The highest BCUT2D eigenvalue weighted by Gasteiger charge is 2.24. The molecule has 0 radical (unpaired) electrons. The fourth-order valence-corrected chi connectivity index (χ4v) is 3.23. The molecule has 0 aliphatic carbocycles. The Morgan fingerprint density at radius 1 is 1.28 bits per heavy atom. The van der Waals surface area contributed by atoms with E-state index in [0.29, 0.717) is 17.5 Å². The summed E-state index contributed by atoms with van der Waals surface area (Å²) in [4.78, 5) is 18.8. The Balaban J connectivity index is 1.29. The zero-order valence-corrected chi connectivity index (χ0v) is 14.1. The van der Waals surface area contributed by atoms with Crippen LogP contribution in [0.5, 0.6) is 0 Å². The number of furan rings is 1. The van der Waals surface area contributed by atoms with E-state index in [-0.39, 0.29) is 18.6 Å². The second-order valence-electron chi connectivity index (χ2n) is 6.48. The number of carbonyl (C=O) groups is 1. The third-order valence-corrected chi connectivity index (χ3v) is 4.56. The number of ether oxygens (including phenoxy) is 1. The molecule has 4 heterocycles. The lowest BCUT2D eigenvalue weighted by Crippen LogP contribution is -2.23. The van der Waals surface area contributed by atoms with Crippen molar-refractivity contribution in [3.8, 4) is 0 Å². The van der Waals surface area contributed by atoms with Crippen LogP contribution in [-0.2, 0) is 17.8 Å². The second-order valence-corrected chi connectivity index (χ2v) is 6.48. The Kier molecular flexibility index (Phi) is 4.80. The monoisotopic (exact) mass is 346 g/mol. The van der Waals surface area contributed by atoms with Crippen LogP contribution in [0.25, 0.3) is 0 Å². The summed E-state index contributed by atoms with van der Waals surface area (Å²) in [5.41, 5.74) is 0. The Hall–Kier alpha value is -2.19. The van der Waals surface area contributed by atoms with Crippen molar-refractivity contribution in [2.75, 3.05) is 19.7 Å². The van der Waals surface area contributed by atoms with Gasteiger partial charge in [-0.05, 0) is 50.9 Å². The molecule has 2 aliphatic rings. The molecule has 0 aromatic carbocycles. The number of likely N-dealkylation sites (tertiary alicyclic amines) is 1. The molecule has 0 saturated carbocycles. The van der Waals surface area contributed by atoms with Crippen LogP contribution < -0.4 is 5.32 Å². The van der Waals surface area contributed by atoms with Crippen LogP contribution in [-0.4, -0.2) is 40.6 Å². The fraction of sp³-hybridized carbons (Fsp3) is 0.588. The van der Waals surface area contributed by atoms with E-state index in [0.717, 1.165) is 44.8 Å². The molecule has 2 fully saturated rings. The van der Waals surface area contributed by atoms with Crippen LogP contribution in [0.15, 0.2) is 21.1 Å². The summed E-state index contributed by atoms with van der Waals surface area (Å²) in [5.74, 6) is 1.75. The number of rotatable bonds is 6. The summed E-state index contributed by atoms with van der Waals surface area (Å²) in [7, 11) is 0. The smallest absolute Gasteiger partial charge is 0.287 e. The maximum Gasteiger partial charge on any atom is 0.287 e. The van der Waals surface area contributed by atoms with Crippen molar-refractivity contribution < 1.29 is 18.5 Å². The molecule has 134 valence electrons. The van der Waals surface area contributed by atoms with Crippen molar-refractivity contribution in [1.29, 1.82) is 0 Å². The van der Waals surface area contributed by atoms with Gasteiger partial charge in [0.1, 0.15) is 11.9 Å². The van der Waals surface area contributed by atoms with Gasteiger partial charge in [-0.2, -0.15) is 4.98 Å². The molecular weight excluding hydrogens is 324 g/mol. The van der Waals surface area contributed by atoms with E-state index in [2.05, 4.69) is 20.4 Å². The molecule has 0 unspecified atom stereocenters. The first-order valence-electron chi connectivity index (χ1n) is 8.81. The maximum atomic E-state index is 12.2. The van der Waals surface area contributed by atoms with Crippen LogP contribution in [0.4, 0.5) is 0 Å². The Morgan fingerprint density at radius 2 is 2.16 bits per heavy atom. The summed E-state index contributed by atoms with van der Waals surface area (Å²) in [6.07, 6.45) is 4.23. The van der Waals surface area contributed by atoms with E-state index in [1.54, 1.807) is 6.07 Å². The first-order chi connectivity index (χ1) is 12.3. The SMILES string of the molecule is O=C(NCc1noc([C@H]2CCCO2)n1)c1ccc(CN2CCCC2)o1. The molecule has 2 aromatic rings. The normalized spacial score (nSPS) is 21.0. The molecular formula is C17H22N4O4. The van der Waals surface area contributed by atoms with Gasteiger partial charge in [-0.25, -0.2) is 0 Å². The summed E-state index contributed by atoms with van der Waals surface area (Å²) in [5, 5.41) is 6.64. The van der Waals surface area contributed by atoms with Crippen molar-refractivity contribution >= 4 is 5.91 Å². The predicted octanol–water partition coefficient (Wildman–Crippen LogP) is 2.04. The van der Waals surface area contributed by atoms with Gasteiger partial charge >= 0.3 is 0 Å². The predicted molar refractivity (Wildman–Crippen MR) is 86.6 cm³/mol. The lowest BCUT2D eigenvalue weighted by molar-refractivity contribution is 0.0835. The van der Waals surface area contributed by atoms with Gasteiger partial charge in [0.2, 0.25) is 0 Å². The first kappa shape index (κ1) is 16.3. The number of hydrogen-bond donors (Lipinski definition) is 1. The second kappa shape index (κ2) is 7.37. The van der Waals surface area contributed by atoms with Crippen LogP contribution in [0, 0.1) is 0 Å². The van der Waals surface area contributed by atoms with Crippen LogP contribution in [0.3, 0.4) is 0 Å². The third-order valence-electron chi connectivity index (χ3n) is 4.56. The minimum absolute atomic E-state index is 0.116. The highest BCUT2D eigenvalue weighted by molar-refractivity contribution is 5.91. The van der Waals surface area contributed by atoms with Gasteiger partial charge in [0.25, 0.3) is 11.8 Å². The van der Waals surface area contributed by atoms with Gasteiger partial charge in [0.05, 0.1) is 13.1 Å². The Bertz CT molecular complexity index is 714. The van der Waals surface area contributed by atoms with Crippen LogP contribution in [0.2, 0.25) is 0 Å². The molecule has 25 heavy (non-hydrogen) atoms. The molecule has 1 amide bonds. The quantitative estimate of drug-likeness (QED) is 0.855. The van der Waals surface area contributed by atoms with E-state index in [4.69, 9.17) is 13.7 Å². The molecule has 8 nitrogen and oxygen atoms in total. The average Bonchev–Trinajstić information content (AvgIpc) is 3.39. The average molecular weight is 346 g/mol. The van der Waals surface area contributed by atoms with Crippen molar-refractivity contribution in [2.24, 2.45) is 0 Å². The number of nitrogens with one attached hydrogen (secondary N) is 1. The van der Waals surface area contributed by atoms with E-state index >= 15 is 0 Å². The van der Waals surface area contributed by atoms with Crippen LogP contribution in [0.1, 0.15) is 59.8 Å². The summed E-state index contributed by atoms with van der Waals surface area (Å²) in [6, 6.07) is 3.56. The molecule has 2 aliphatic heterocycles. The topological polar surface area (TPSA) is 93.6 Å². The lowest BCUT2D eigenvalue weighted by atomic mass is 10.2. The van der Waals surface area contributed by atoms with E-state index < -0.39 is 0 Å². The highest BCUT2D eigenvalue weighted by Crippen LogP contribution is 2.26. The van der Waals surface area contributed by atoms with Gasteiger partial charge in [-0.1, -0.05) is 5.16 Å². The molecule has 1 N–H and O–H groups in total. The number of nitrogens with zero attached hydrogens (tertiary/aromatic N) is 3. The van der Waals surface area contributed by atoms with Crippen molar-refractivity contribution in [1.82, 2.24) is 20.4 Å². The summed E-state index contributed by atoms with van der Waals surface area (Å²) in [6.45, 7) is 3.84. The van der Waals surface area contributed by atoms with Gasteiger partial charge in [-0.3, -0.25) is 9.69 Å². The molecule has 0 spiro atoms. The molecule has 2 saturated heterocycles. The van der Waals surface area contributed by atoms with Gasteiger partial charge in [0, 0.05) is 6.61 Å². The standard InChI is InChI=1S/C17H22N4O4/c22-16(13-6-5-12(24-13)11-21-7-1-2-8-21)18-10-15-19-17(25-20-15)14-4-3-9-23-14/h5-6,14H,1-4,7-11H2,(H,18,22)/t14-/m1/s1. The number of aromatic nitrogens is 2. The lowest BCUT2D eigenvalue weighted by Gasteiger charge is -2.11. The Labute approximate surface area is 145 Å². The number of hydrogen-bond acceptors (Lipinski definition) is 7. The van der Waals surface area contributed by atoms with Crippen LogP contribution >= 0.6 is 0 Å². The molecule has 8 heteroatoms. The maximum absolute atomic E-state index is 12.2. The number of carbonyl (C=O) groups excluding carboxylic acids is 1. The largest absolute Gasteiger partial charge is 0.455 e.